The molecule has 25 heavy (non-hydrogen) atoms. The van der Waals surface area contributed by atoms with E-state index >= 15 is 0 Å². The van der Waals surface area contributed by atoms with Crippen LogP contribution >= 0.6 is 11.6 Å². The molecule has 0 aliphatic carbocycles. The van der Waals surface area contributed by atoms with Gasteiger partial charge in [-0.05, 0) is 55.0 Å². The molecule has 1 amide bonds. The standard InChI is InChI=1S/C19H15ClFN3O/c1-12-3-2-4-14(9-12)23-18-8-5-13(11-22-18)19(25)24-15-6-7-17(21)16(20)10-15/h2-11H,1H3,(H,22,23)(H,24,25). The number of nitrogens with zero attached hydrogens (tertiary/aromatic N) is 1. The molecule has 126 valence electrons. The van der Waals surface area contributed by atoms with Crippen LogP contribution in [-0.2, 0) is 0 Å². The van der Waals surface area contributed by atoms with E-state index in [1.165, 1.54) is 24.4 Å². The number of benzene rings is 2. The fourth-order valence-corrected chi connectivity index (χ4v) is 2.43. The predicted molar refractivity (Wildman–Crippen MR) is 98.1 cm³/mol. The molecule has 0 aliphatic rings. The molecule has 2 aromatic carbocycles. The van der Waals surface area contributed by atoms with E-state index in [0.29, 0.717) is 17.1 Å². The van der Waals surface area contributed by atoms with Gasteiger partial charge in [0.05, 0.1) is 10.6 Å². The van der Waals surface area contributed by atoms with Crippen molar-refractivity contribution in [2.24, 2.45) is 0 Å². The number of nitrogens with one attached hydrogen (secondary N) is 2. The maximum Gasteiger partial charge on any atom is 0.257 e. The number of amides is 1. The van der Waals surface area contributed by atoms with Gasteiger partial charge in [-0.15, -0.1) is 0 Å². The van der Waals surface area contributed by atoms with Crippen LogP contribution in [0.25, 0.3) is 0 Å². The van der Waals surface area contributed by atoms with Gasteiger partial charge in [0.1, 0.15) is 11.6 Å². The van der Waals surface area contributed by atoms with E-state index in [1.807, 2.05) is 31.2 Å². The number of rotatable bonds is 4. The van der Waals surface area contributed by atoms with Gasteiger partial charge >= 0.3 is 0 Å². The Kier molecular flexibility index (Phi) is 4.95. The third-order valence-corrected chi connectivity index (χ3v) is 3.78. The lowest BCUT2D eigenvalue weighted by Crippen LogP contribution is -2.12. The van der Waals surface area contributed by atoms with Crippen molar-refractivity contribution in [3.05, 3.63) is 82.8 Å². The highest BCUT2D eigenvalue weighted by atomic mass is 35.5. The maximum atomic E-state index is 13.1. The second-order valence-electron chi connectivity index (χ2n) is 5.51. The van der Waals surface area contributed by atoms with Crippen LogP contribution in [0.5, 0.6) is 0 Å². The van der Waals surface area contributed by atoms with E-state index in [-0.39, 0.29) is 10.9 Å². The van der Waals surface area contributed by atoms with Crippen LogP contribution in [0, 0.1) is 12.7 Å². The van der Waals surface area contributed by atoms with Crippen LogP contribution in [0.15, 0.2) is 60.8 Å². The van der Waals surface area contributed by atoms with Gasteiger partial charge in [-0.25, -0.2) is 9.37 Å². The van der Waals surface area contributed by atoms with Crippen molar-refractivity contribution in [2.45, 2.75) is 6.92 Å². The van der Waals surface area contributed by atoms with E-state index in [4.69, 9.17) is 11.6 Å². The summed E-state index contributed by atoms with van der Waals surface area (Å²) in [6.45, 7) is 2.01. The summed E-state index contributed by atoms with van der Waals surface area (Å²) in [5.74, 6) is -0.253. The minimum absolute atomic E-state index is 0.0476. The van der Waals surface area contributed by atoms with Crippen molar-refractivity contribution >= 4 is 34.7 Å². The van der Waals surface area contributed by atoms with Crippen LogP contribution in [0.2, 0.25) is 5.02 Å². The zero-order chi connectivity index (χ0) is 17.8. The van der Waals surface area contributed by atoms with Gasteiger partial charge in [-0.2, -0.15) is 0 Å². The van der Waals surface area contributed by atoms with Crippen molar-refractivity contribution < 1.29 is 9.18 Å². The van der Waals surface area contributed by atoms with E-state index in [0.717, 1.165) is 11.3 Å². The summed E-state index contributed by atoms with van der Waals surface area (Å²) in [4.78, 5) is 16.5. The molecular weight excluding hydrogens is 341 g/mol. The topological polar surface area (TPSA) is 54.0 Å². The Labute approximate surface area is 149 Å². The molecule has 4 nitrogen and oxygen atoms in total. The minimum atomic E-state index is -0.534. The Morgan fingerprint density at radius 2 is 1.92 bits per heavy atom. The molecule has 0 saturated heterocycles. The van der Waals surface area contributed by atoms with E-state index in [9.17, 15) is 9.18 Å². The van der Waals surface area contributed by atoms with Crippen molar-refractivity contribution in [2.75, 3.05) is 10.6 Å². The SMILES string of the molecule is Cc1cccc(Nc2ccc(C(=O)Nc3ccc(F)c(Cl)c3)cn2)c1. The predicted octanol–water partition coefficient (Wildman–Crippen LogP) is 5.18. The number of halogens is 2. The van der Waals surface area contributed by atoms with Gasteiger partial charge in [0.25, 0.3) is 5.91 Å². The van der Waals surface area contributed by atoms with Crippen LogP contribution < -0.4 is 10.6 Å². The van der Waals surface area contributed by atoms with Gasteiger partial charge in [0, 0.05) is 17.6 Å². The van der Waals surface area contributed by atoms with Crippen molar-refractivity contribution in [3.63, 3.8) is 0 Å². The normalized spacial score (nSPS) is 10.4. The first-order valence-corrected chi connectivity index (χ1v) is 7.95. The highest BCUT2D eigenvalue weighted by Crippen LogP contribution is 2.20. The first-order valence-electron chi connectivity index (χ1n) is 7.57. The molecule has 0 aliphatic heterocycles. The highest BCUT2D eigenvalue weighted by Gasteiger charge is 2.08. The molecule has 0 bridgehead atoms. The third kappa shape index (κ3) is 4.33. The molecule has 0 spiro atoms. The Morgan fingerprint density at radius 3 is 2.60 bits per heavy atom. The molecule has 1 heterocycles. The van der Waals surface area contributed by atoms with Gasteiger partial charge in [0.2, 0.25) is 0 Å². The molecule has 0 atom stereocenters. The summed E-state index contributed by atoms with van der Waals surface area (Å²) in [5.41, 5.74) is 2.86. The highest BCUT2D eigenvalue weighted by molar-refractivity contribution is 6.31. The fraction of sp³-hybridized carbons (Fsp3) is 0.0526. The van der Waals surface area contributed by atoms with Gasteiger partial charge in [0.15, 0.2) is 0 Å². The summed E-state index contributed by atoms with van der Waals surface area (Å²) < 4.78 is 13.1. The number of pyridine rings is 1. The summed E-state index contributed by atoms with van der Waals surface area (Å²) >= 11 is 5.71. The molecule has 0 radical (unpaired) electrons. The molecule has 3 aromatic rings. The average Bonchev–Trinajstić information content (AvgIpc) is 2.59. The third-order valence-electron chi connectivity index (χ3n) is 3.49. The molecule has 0 fully saturated rings. The zero-order valence-corrected chi connectivity index (χ0v) is 14.1. The van der Waals surface area contributed by atoms with Gasteiger partial charge < -0.3 is 10.6 Å². The number of hydrogen-bond acceptors (Lipinski definition) is 3. The minimum Gasteiger partial charge on any atom is -0.340 e. The number of aromatic nitrogens is 1. The molecular formula is C19H15ClFN3O. The van der Waals surface area contributed by atoms with Crippen LogP contribution in [0.4, 0.5) is 21.6 Å². The second-order valence-corrected chi connectivity index (χ2v) is 5.92. The lowest BCUT2D eigenvalue weighted by Gasteiger charge is -2.08. The first kappa shape index (κ1) is 16.9. The summed E-state index contributed by atoms with van der Waals surface area (Å²) in [6, 6.07) is 15.3. The zero-order valence-electron chi connectivity index (χ0n) is 13.4. The van der Waals surface area contributed by atoms with Crippen LogP contribution in [0.1, 0.15) is 15.9 Å². The van der Waals surface area contributed by atoms with Crippen molar-refractivity contribution in [3.8, 4) is 0 Å². The first-order chi connectivity index (χ1) is 12.0. The average molecular weight is 356 g/mol. The molecule has 0 unspecified atom stereocenters. The van der Waals surface area contributed by atoms with Gasteiger partial charge in [-0.1, -0.05) is 23.7 Å². The van der Waals surface area contributed by atoms with E-state index in [1.54, 1.807) is 12.1 Å². The number of anilines is 3. The number of hydrogen-bond donors (Lipinski definition) is 2. The molecule has 2 N–H and O–H groups in total. The Hall–Kier alpha value is -2.92. The summed E-state index contributed by atoms with van der Waals surface area (Å²) in [5, 5.41) is 5.78. The number of aryl methyl sites for hydroxylation is 1. The Balaban J connectivity index is 1.68. The number of carbonyl (C=O) groups excluding carboxylic acids is 1. The van der Waals surface area contributed by atoms with Crippen LogP contribution in [0.3, 0.4) is 0 Å². The molecule has 6 heteroatoms. The Morgan fingerprint density at radius 1 is 1.08 bits per heavy atom. The molecule has 1 aromatic heterocycles. The van der Waals surface area contributed by atoms with Crippen molar-refractivity contribution in [1.29, 1.82) is 0 Å². The maximum absolute atomic E-state index is 13.1. The Bertz CT molecular complexity index is 913. The quantitative estimate of drug-likeness (QED) is 0.678. The summed E-state index contributed by atoms with van der Waals surface area (Å²) in [6.07, 6.45) is 1.47. The van der Waals surface area contributed by atoms with E-state index < -0.39 is 5.82 Å². The van der Waals surface area contributed by atoms with Gasteiger partial charge in [-0.3, -0.25) is 4.79 Å². The lowest BCUT2D eigenvalue weighted by molar-refractivity contribution is 0.102. The largest absolute Gasteiger partial charge is 0.340 e. The fourth-order valence-electron chi connectivity index (χ4n) is 2.25. The van der Waals surface area contributed by atoms with Crippen LogP contribution in [-0.4, -0.2) is 10.9 Å². The monoisotopic (exact) mass is 355 g/mol. The molecule has 3 rings (SSSR count). The van der Waals surface area contributed by atoms with Crippen molar-refractivity contribution in [1.82, 2.24) is 4.98 Å². The second kappa shape index (κ2) is 7.32. The van der Waals surface area contributed by atoms with E-state index in [2.05, 4.69) is 15.6 Å². The lowest BCUT2D eigenvalue weighted by atomic mass is 10.2. The number of carbonyl (C=O) groups is 1. The molecule has 0 saturated carbocycles. The smallest absolute Gasteiger partial charge is 0.257 e. The summed E-state index contributed by atoms with van der Waals surface area (Å²) in [7, 11) is 0.